The highest BCUT2D eigenvalue weighted by molar-refractivity contribution is 6.39. The van der Waals surface area contributed by atoms with E-state index >= 15 is 0 Å². The van der Waals surface area contributed by atoms with E-state index in [1.807, 2.05) is 0 Å². The average Bonchev–Trinajstić information content (AvgIpc) is 2.95. The SMILES string of the molecule is CN(CC(=O)Nc1c(Cl)cccc1Cl)C(=O)CN1C(=O)NC(C)(c2ccc(F)cc2)C1=O. The number of hydrogen-bond donors (Lipinski definition) is 2. The number of carbonyl (C=O) groups excluding carboxylic acids is 4. The minimum Gasteiger partial charge on any atom is -0.335 e. The van der Waals surface area contributed by atoms with Crippen LogP contribution in [0.15, 0.2) is 42.5 Å². The van der Waals surface area contributed by atoms with Gasteiger partial charge in [0.15, 0.2) is 0 Å². The summed E-state index contributed by atoms with van der Waals surface area (Å²) in [4.78, 5) is 52.0. The molecule has 168 valence electrons. The van der Waals surface area contributed by atoms with Crippen molar-refractivity contribution in [3.05, 3.63) is 63.9 Å². The number of benzene rings is 2. The third-order valence-electron chi connectivity index (χ3n) is 5.02. The van der Waals surface area contributed by atoms with E-state index in [1.54, 1.807) is 18.2 Å². The van der Waals surface area contributed by atoms with Gasteiger partial charge < -0.3 is 15.5 Å². The number of rotatable bonds is 6. The first-order chi connectivity index (χ1) is 15.0. The number of carbonyl (C=O) groups is 4. The second-order valence-electron chi connectivity index (χ2n) is 7.35. The zero-order chi connectivity index (χ0) is 23.6. The fraction of sp³-hybridized carbons (Fsp3) is 0.238. The Morgan fingerprint density at radius 1 is 1.12 bits per heavy atom. The molecule has 1 aliphatic heterocycles. The summed E-state index contributed by atoms with van der Waals surface area (Å²) in [5.41, 5.74) is -0.857. The monoisotopic (exact) mass is 480 g/mol. The minimum atomic E-state index is -1.44. The third kappa shape index (κ3) is 4.68. The number of likely N-dealkylation sites (N-methyl/N-ethyl adjacent to an activating group) is 1. The van der Waals surface area contributed by atoms with Gasteiger partial charge in [0.05, 0.1) is 22.3 Å². The molecule has 1 atom stereocenters. The smallest absolute Gasteiger partial charge is 0.325 e. The molecule has 1 fully saturated rings. The summed E-state index contributed by atoms with van der Waals surface area (Å²) in [6.45, 7) is 0.535. The molecule has 0 aliphatic carbocycles. The number of halogens is 3. The van der Waals surface area contributed by atoms with E-state index in [-0.39, 0.29) is 22.3 Å². The second-order valence-corrected chi connectivity index (χ2v) is 8.16. The number of nitrogens with one attached hydrogen (secondary N) is 2. The van der Waals surface area contributed by atoms with Crippen LogP contribution in [-0.4, -0.2) is 53.7 Å². The largest absolute Gasteiger partial charge is 0.335 e. The van der Waals surface area contributed by atoms with Crippen LogP contribution >= 0.6 is 23.2 Å². The molecule has 3 rings (SSSR count). The fourth-order valence-corrected chi connectivity index (χ4v) is 3.67. The molecule has 1 aliphatic rings. The number of hydrogen-bond acceptors (Lipinski definition) is 4. The quantitative estimate of drug-likeness (QED) is 0.620. The van der Waals surface area contributed by atoms with Crippen LogP contribution in [-0.2, 0) is 19.9 Å². The van der Waals surface area contributed by atoms with Gasteiger partial charge in [-0.05, 0) is 36.8 Å². The predicted molar refractivity (Wildman–Crippen MR) is 117 cm³/mol. The van der Waals surface area contributed by atoms with E-state index in [0.717, 1.165) is 9.80 Å². The normalized spacial score (nSPS) is 17.8. The van der Waals surface area contributed by atoms with Crippen LogP contribution in [0.4, 0.5) is 14.9 Å². The van der Waals surface area contributed by atoms with Gasteiger partial charge in [0.1, 0.15) is 17.9 Å². The van der Waals surface area contributed by atoms with Crippen molar-refractivity contribution in [3.8, 4) is 0 Å². The van der Waals surface area contributed by atoms with Gasteiger partial charge in [0.2, 0.25) is 11.8 Å². The molecule has 1 unspecified atom stereocenters. The molecule has 2 aromatic carbocycles. The van der Waals surface area contributed by atoms with E-state index in [9.17, 15) is 23.6 Å². The molecule has 32 heavy (non-hydrogen) atoms. The molecule has 8 nitrogen and oxygen atoms in total. The summed E-state index contributed by atoms with van der Waals surface area (Å²) < 4.78 is 13.2. The highest BCUT2D eigenvalue weighted by atomic mass is 35.5. The lowest BCUT2D eigenvalue weighted by Gasteiger charge is -2.23. The predicted octanol–water partition coefficient (Wildman–Crippen LogP) is 3.00. The Hall–Kier alpha value is -3.17. The van der Waals surface area contributed by atoms with Crippen molar-refractivity contribution in [2.24, 2.45) is 0 Å². The molecule has 1 saturated heterocycles. The molecule has 0 spiro atoms. The van der Waals surface area contributed by atoms with Crippen molar-refractivity contribution < 1.29 is 23.6 Å². The van der Waals surface area contributed by atoms with Crippen LogP contribution < -0.4 is 10.6 Å². The van der Waals surface area contributed by atoms with Gasteiger partial charge in [-0.3, -0.25) is 19.3 Å². The summed E-state index contributed by atoms with van der Waals surface area (Å²) in [5.74, 6) is -2.36. The van der Waals surface area contributed by atoms with Crippen LogP contribution in [0.3, 0.4) is 0 Å². The van der Waals surface area contributed by atoms with Gasteiger partial charge in [-0.2, -0.15) is 0 Å². The van der Waals surface area contributed by atoms with Gasteiger partial charge in [0, 0.05) is 7.05 Å². The van der Waals surface area contributed by atoms with Crippen molar-refractivity contribution >= 4 is 52.6 Å². The summed E-state index contributed by atoms with van der Waals surface area (Å²) in [7, 11) is 1.35. The first kappa shape index (κ1) is 23.5. The van der Waals surface area contributed by atoms with Gasteiger partial charge in [-0.1, -0.05) is 41.4 Å². The molecule has 0 saturated carbocycles. The summed E-state index contributed by atoms with van der Waals surface area (Å²) in [6, 6.07) is 9.06. The van der Waals surface area contributed by atoms with Crippen molar-refractivity contribution in [2.45, 2.75) is 12.5 Å². The molecular formula is C21H19Cl2FN4O4. The molecule has 5 amide bonds. The number of para-hydroxylation sites is 1. The molecule has 0 radical (unpaired) electrons. The lowest BCUT2D eigenvalue weighted by molar-refractivity contribution is -0.139. The first-order valence-electron chi connectivity index (χ1n) is 9.41. The average molecular weight is 481 g/mol. The maximum atomic E-state index is 13.2. The van der Waals surface area contributed by atoms with E-state index in [4.69, 9.17) is 23.2 Å². The Labute approximate surface area is 193 Å². The molecular weight excluding hydrogens is 462 g/mol. The van der Waals surface area contributed by atoms with Crippen LogP contribution in [0, 0.1) is 5.82 Å². The summed E-state index contributed by atoms with van der Waals surface area (Å²) in [5, 5.41) is 5.53. The molecule has 2 aromatic rings. The van der Waals surface area contributed by atoms with E-state index < -0.39 is 41.7 Å². The Morgan fingerprint density at radius 2 is 1.72 bits per heavy atom. The Kier molecular flexibility index (Phi) is 6.71. The van der Waals surface area contributed by atoms with E-state index in [2.05, 4.69) is 10.6 Å². The highest BCUT2D eigenvalue weighted by Crippen LogP contribution is 2.30. The van der Waals surface area contributed by atoms with Crippen LogP contribution in [0.25, 0.3) is 0 Å². The Balaban J connectivity index is 1.64. The van der Waals surface area contributed by atoms with E-state index in [1.165, 1.54) is 38.2 Å². The molecule has 11 heteroatoms. The van der Waals surface area contributed by atoms with Crippen molar-refractivity contribution in [2.75, 3.05) is 25.5 Å². The first-order valence-corrected chi connectivity index (χ1v) is 10.2. The number of urea groups is 1. The molecule has 2 N–H and O–H groups in total. The minimum absolute atomic E-state index is 0.214. The van der Waals surface area contributed by atoms with Crippen molar-refractivity contribution in [1.29, 1.82) is 0 Å². The maximum absolute atomic E-state index is 13.2. The van der Waals surface area contributed by atoms with Crippen molar-refractivity contribution in [1.82, 2.24) is 15.1 Å². The van der Waals surface area contributed by atoms with E-state index in [0.29, 0.717) is 5.56 Å². The second kappa shape index (κ2) is 9.13. The van der Waals surface area contributed by atoms with Crippen molar-refractivity contribution in [3.63, 3.8) is 0 Å². The zero-order valence-corrected chi connectivity index (χ0v) is 18.6. The number of anilines is 1. The Morgan fingerprint density at radius 3 is 2.31 bits per heavy atom. The Bertz CT molecular complexity index is 1080. The molecule has 0 aromatic heterocycles. The van der Waals surface area contributed by atoms with Gasteiger partial charge in [-0.15, -0.1) is 0 Å². The van der Waals surface area contributed by atoms with Gasteiger partial charge in [0.25, 0.3) is 5.91 Å². The highest BCUT2D eigenvalue weighted by Gasteiger charge is 2.49. The lowest BCUT2D eigenvalue weighted by atomic mass is 9.92. The van der Waals surface area contributed by atoms with Gasteiger partial charge >= 0.3 is 6.03 Å². The third-order valence-corrected chi connectivity index (χ3v) is 5.65. The lowest BCUT2D eigenvalue weighted by Crippen LogP contribution is -2.45. The van der Waals surface area contributed by atoms with Crippen LogP contribution in [0.1, 0.15) is 12.5 Å². The van der Waals surface area contributed by atoms with Crippen LogP contribution in [0.5, 0.6) is 0 Å². The number of nitrogens with zero attached hydrogens (tertiary/aromatic N) is 2. The molecule has 0 bridgehead atoms. The summed E-state index contributed by atoms with van der Waals surface area (Å²) >= 11 is 12.0. The van der Waals surface area contributed by atoms with Crippen LogP contribution in [0.2, 0.25) is 10.0 Å². The summed E-state index contributed by atoms with van der Waals surface area (Å²) in [6.07, 6.45) is 0. The maximum Gasteiger partial charge on any atom is 0.325 e. The zero-order valence-electron chi connectivity index (χ0n) is 17.1. The number of amides is 5. The number of imide groups is 1. The van der Waals surface area contributed by atoms with Gasteiger partial charge in [-0.25, -0.2) is 9.18 Å². The topological polar surface area (TPSA) is 98.8 Å². The molecule has 1 heterocycles. The fourth-order valence-electron chi connectivity index (χ4n) is 3.18. The standard InChI is InChI=1S/C21H19Cl2FN4O4/c1-21(12-6-8-13(24)9-7-12)19(31)28(20(32)26-21)11-17(30)27(2)10-16(29)25-18-14(22)4-3-5-15(18)23/h3-9H,10-11H2,1-2H3,(H,25,29)(H,26,32).